The minimum absolute atomic E-state index is 0.526. The second-order valence-corrected chi connectivity index (χ2v) is 7.83. The van der Waals surface area contributed by atoms with E-state index in [-0.39, 0.29) is 0 Å². The van der Waals surface area contributed by atoms with Crippen molar-refractivity contribution >= 4 is 10.8 Å². The van der Waals surface area contributed by atoms with Gasteiger partial charge in [-0.25, -0.2) is 0 Å². The summed E-state index contributed by atoms with van der Waals surface area (Å²) >= 11 is 0. The van der Waals surface area contributed by atoms with Crippen LogP contribution in [0.25, 0.3) is 0 Å². The Labute approximate surface area is 115 Å². The standard InChI is InChI=1S/C15H29NOS/c1-2-16-15-10-6-7-13(15)11-12-18(17)14-8-4-3-5-9-14/h13-16H,2-12H2,1H3. The van der Waals surface area contributed by atoms with Crippen LogP contribution >= 0.6 is 0 Å². The molecule has 3 heteroatoms. The molecule has 0 aromatic carbocycles. The molecule has 2 saturated carbocycles. The third-order valence-electron chi connectivity index (χ3n) is 4.74. The number of nitrogens with one attached hydrogen (secondary N) is 1. The van der Waals surface area contributed by atoms with E-state index < -0.39 is 10.8 Å². The number of hydrogen-bond acceptors (Lipinski definition) is 2. The summed E-state index contributed by atoms with van der Waals surface area (Å²) in [6.07, 6.45) is 11.6. The minimum Gasteiger partial charge on any atom is -0.314 e. The first kappa shape index (κ1) is 14.5. The molecule has 0 aliphatic heterocycles. The number of hydrogen-bond donors (Lipinski definition) is 1. The van der Waals surface area contributed by atoms with Crippen LogP contribution in [0.5, 0.6) is 0 Å². The highest BCUT2D eigenvalue weighted by Gasteiger charge is 2.27. The lowest BCUT2D eigenvalue weighted by atomic mass is 10.0. The first-order chi connectivity index (χ1) is 8.81. The van der Waals surface area contributed by atoms with Crippen molar-refractivity contribution in [2.24, 2.45) is 5.92 Å². The zero-order valence-corrected chi connectivity index (χ0v) is 12.6. The fourth-order valence-corrected chi connectivity index (χ4v) is 5.40. The quantitative estimate of drug-likeness (QED) is 0.803. The molecule has 0 bridgehead atoms. The van der Waals surface area contributed by atoms with E-state index in [0.717, 1.165) is 18.2 Å². The van der Waals surface area contributed by atoms with E-state index in [2.05, 4.69) is 12.2 Å². The molecular weight excluding hydrogens is 242 g/mol. The summed E-state index contributed by atoms with van der Waals surface area (Å²) in [6, 6.07) is 0.707. The average Bonchev–Trinajstić information content (AvgIpc) is 2.85. The summed E-state index contributed by atoms with van der Waals surface area (Å²) in [7, 11) is -0.549. The van der Waals surface area contributed by atoms with Crippen LogP contribution in [0.4, 0.5) is 0 Å². The Kier molecular flexibility index (Phi) is 6.16. The van der Waals surface area contributed by atoms with Crippen molar-refractivity contribution in [1.29, 1.82) is 0 Å². The van der Waals surface area contributed by atoms with E-state index >= 15 is 0 Å². The van der Waals surface area contributed by atoms with Gasteiger partial charge in [0.2, 0.25) is 0 Å². The van der Waals surface area contributed by atoms with Gasteiger partial charge in [-0.15, -0.1) is 0 Å². The van der Waals surface area contributed by atoms with Gasteiger partial charge in [-0.3, -0.25) is 4.21 Å². The lowest BCUT2D eigenvalue weighted by Gasteiger charge is -2.23. The van der Waals surface area contributed by atoms with Crippen molar-refractivity contribution in [3.8, 4) is 0 Å². The second-order valence-electron chi connectivity index (χ2n) is 5.99. The van der Waals surface area contributed by atoms with Gasteiger partial charge in [0.1, 0.15) is 0 Å². The van der Waals surface area contributed by atoms with Crippen LogP contribution in [0.1, 0.15) is 64.7 Å². The maximum absolute atomic E-state index is 12.3. The molecule has 0 aromatic heterocycles. The van der Waals surface area contributed by atoms with Crippen LogP contribution in [-0.4, -0.2) is 27.8 Å². The Morgan fingerprint density at radius 2 is 1.83 bits per heavy atom. The molecule has 2 fully saturated rings. The molecule has 3 unspecified atom stereocenters. The molecular formula is C15H29NOS. The normalized spacial score (nSPS) is 31.6. The molecule has 1 N–H and O–H groups in total. The smallest absolute Gasteiger partial charge is 0.0348 e. The third kappa shape index (κ3) is 4.06. The lowest BCUT2D eigenvalue weighted by Crippen LogP contribution is -2.33. The van der Waals surface area contributed by atoms with Crippen LogP contribution in [0.15, 0.2) is 0 Å². The highest BCUT2D eigenvalue weighted by molar-refractivity contribution is 7.85. The molecule has 18 heavy (non-hydrogen) atoms. The molecule has 0 radical (unpaired) electrons. The van der Waals surface area contributed by atoms with Gasteiger partial charge in [0.15, 0.2) is 0 Å². The maximum Gasteiger partial charge on any atom is 0.0348 e. The predicted octanol–water partition coefficient (Wildman–Crippen LogP) is 3.24. The SMILES string of the molecule is CCNC1CCCC1CCS(=O)C1CCCCC1. The van der Waals surface area contributed by atoms with Gasteiger partial charge in [0.05, 0.1) is 0 Å². The van der Waals surface area contributed by atoms with Crippen LogP contribution in [-0.2, 0) is 10.8 Å². The summed E-state index contributed by atoms with van der Waals surface area (Å²) < 4.78 is 12.3. The lowest BCUT2D eigenvalue weighted by molar-refractivity contribution is 0.399. The van der Waals surface area contributed by atoms with Crippen molar-refractivity contribution in [3.05, 3.63) is 0 Å². The van der Waals surface area contributed by atoms with Gasteiger partial charge in [-0.05, 0) is 44.6 Å². The summed E-state index contributed by atoms with van der Waals surface area (Å²) in [5.74, 6) is 1.74. The van der Waals surface area contributed by atoms with Gasteiger partial charge in [0, 0.05) is 27.8 Å². The van der Waals surface area contributed by atoms with E-state index in [4.69, 9.17) is 0 Å². The minimum atomic E-state index is -0.549. The molecule has 0 spiro atoms. The van der Waals surface area contributed by atoms with E-state index in [1.165, 1.54) is 57.8 Å². The van der Waals surface area contributed by atoms with Gasteiger partial charge >= 0.3 is 0 Å². The predicted molar refractivity (Wildman–Crippen MR) is 79.3 cm³/mol. The van der Waals surface area contributed by atoms with Crippen LogP contribution in [0.2, 0.25) is 0 Å². The van der Waals surface area contributed by atoms with Crippen LogP contribution < -0.4 is 5.32 Å². The van der Waals surface area contributed by atoms with E-state index in [0.29, 0.717) is 11.3 Å². The van der Waals surface area contributed by atoms with E-state index in [9.17, 15) is 4.21 Å². The Hall–Kier alpha value is 0.110. The second kappa shape index (κ2) is 7.64. The van der Waals surface area contributed by atoms with E-state index in [1.807, 2.05) is 0 Å². The summed E-state index contributed by atoms with van der Waals surface area (Å²) in [4.78, 5) is 0. The first-order valence-corrected chi connectivity index (χ1v) is 9.30. The van der Waals surface area contributed by atoms with Crippen molar-refractivity contribution in [3.63, 3.8) is 0 Å². The average molecular weight is 271 g/mol. The van der Waals surface area contributed by atoms with Gasteiger partial charge in [0.25, 0.3) is 0 Å². The molecule has 3 atom stereocenters. The molecule has 0 saturated heterocycles. The maximum atomic E-state index is 12.3. The summed E-state index contributed by atoms with van der Waals surface area (Å²) in [6.45, 7) is 3.27. The van der Waals surface area contributed by atoms with Gasteiger partial charge < -0.3 is 5.32 Å². The van der Waals surface area contributed by atoms with Crippen LogP contribution in [0, 0.1) is 5.92 Å². The molecule has 0 heterocycles. The summed E-state index contributed by atoms with van der Waals surface area (Å²) in [5.41, 5.74) is 0. The number of rotatable bonds is 6. The highest BCUT2D eigenvalue weighted by Crippen LogP contribution is 2.30. The third-order valence-corrected chi connectivity index (χ3v) is 6.59. The Balaban J connectivity index is 1.71. The molecule has 0 aromatic rings. The first-order valence-electron chi connectivity index (χ1n) is 7.91. The van der Waals surface area contributed by atoms with Crippen molar-refractivity contribution in [1.82, 2.24) is 5.32 Å². The fourth-order valence-electron chi connectivity index (χ4n) is 3.68. The van der Waals surface area contributed by atoms with E-state index in [1.54, 1.807) is 0 Å². The molecule has 106 valence electrons. The van der Waals surface area contributed by atoms with Crippen LogP contribution in [0.3, 0.4) is 0 Å². The molecule has 2 aliphatic rings. The molecule has 0 amide bonds. The van der Waals surface area contributed by atoms with Crippen molar-refractivity contribution in [2.45, 2.75) is 76.0 Å². The Morgan fingerprint density at radius 3 is 2.56 bits per heavy atom. The monoisotopic (exact) mass is 271 g/mol. The molecule has 2 nitrogen and oxygen atoms in total. The van der Waals surface area contributed by atoms with Gasteiger partial charge in [-0.2, -0.15) is 0 Å². The van der Waals surface area contributed by atoms with Crippen molar-refractivity contribution in [2.75, 3.05) is 12.3 Å². The van der Waals surface area contributed by atoms with Gasteiger partial charge in [-0.1, -0.05) is 32.6 Å². The molecule has 2 aliphatic carbocycles. The fraction of sp³-hybridized carbons (Fsp3) is 1.00. The topological polar surface area (TPSA) is 29.1 Å². The molecule has 2 rings (SSSR count). The van der Waals surface area contributed by atoms with Crippen molar-refractivity contribution < 1.29 is 4.21 Å². The Bertz CT molecular complexity index is 263. The zero-order valence-electron chi connectivity index (χ0n) is 11.8. The zero-order chi connectivity index (χ0) is 12.8. The summed E-state index contributed by atoms with van der Waals surface area (Å²) in [5, 5.41) is 4.12. The highest BCUT2D eigenvalue weighted by atomic mass is 32.2. The Morgan fingerprint density at radius 1 is 1.06 bits per heavy atom. The largest absolute Gasteiger partial charge is 0.314 e.